The number of ether oxygens (including phenoxy) is 2. The molecule has 0 amide bonds. The Morgan fingerprint density at radius 3 is 2.35 bits per heavy atom. The Hall–Kier alpha value is -1.82. The van der Waals surface area contributed by atoms with Crippen LogP contribution < -0.4 is 5.32 Å². The lowest BCUT2D eigenvalue weighted by atomic mass is 10.2. The molecule has 1 aromatic rings. The van der Waals surface area contributed by atoms with E-state index in [1.165, 1.54) is 20.0 Å². The highest BCUT2D eigenvalue weighted by molar-refractivity contribution is 9.10. The summed E-state index contributed by atoms with van der Waals surface area (Å²) in [5.74, 6) is -2.64. The first-order valence-corrected chi connectivity index (χ1v) is 6.77. The van der Waals surface area contributed by atoms with Gasteiger partial charge in [0.05, 0.1) is 5.69 Å². The van der Waals surface area contributed by atoms with Crippen LogP contribution in [0.5, 0.6) is 0 Å². The fourth-order valence-corrected chi connectivity index (χ4v) is 2.27. The SMILES string of the molecule is Cc1ccc(NC=C2C(=O)OC(C)(C)OC2=O)c(Br)c1. The summed E-state index contributed by atoms with van der Waals surface area (Å²) < 4.78 is 10.8. The van der Waals surface area contributed by atoms with E-state index in [4.69, 9.17) is 9.47 Å². The number of halogens is 1. The number of benzene rings is 1. The van der Waals surface area contributed by atoms with Crippen molar-refractivity contribution in [2.75, 3.05) is 5.32 Å². The standard InChI is InChI=1S/C14H14BrNO4/c1-8-4-5-11(10(15)6-8)16-7-9-12(17)19-14(2,3)20-13(9)18/h4-7,16H,1-3H3. The van der Waals surface area contributed by atoms with E-state index in [-0.39, 0.29) is 5.57 Å². The lowest BCUT2D eigenvalue weighted by Gasteiger charge is -2.29. The Balaban J connectivity index is 2.19. The average molecular weight is 340 g/mol. The van der Waals surface area contributed by atoms with Gasteiger partial charge in [0, 0.05) is 24.5 Å². The predicted molar refractivity (Wildman–Crippen MR) is 76.8 cm³/mol. The van der Waals surface area contributed by atoms with Crippen LogP contribution in [-0.4, -0.2) is 17.7 Å². The minimum atomic E-state index is -1.23. The van der Waals surface area contributed by atoms with E-state index < -0.39 is 17.7 Å². The molecule has 1 fully saturated rings. The minimum absolute atomic E-state index is 0.170. The smallest absolute Gasteiger partial charge is 0.350 e. The number of carbonyl (C=O) groups is 2. The summed E-state index contributed by atoms with van der Waals surface area (Å²) in [5, 5.41) is 2.89. The molecule has 0 bridgehead atoms. The highest BCUT2D eigenvalue weighted by Crippen LogP contribution is 2.25. The fraction of sp³-hybridized carbons (Fsp3) is 0.286. The van der Waals surface area contributed by atoms with Crippen LogP contribution >= 0.6 is 15.9 Å². The number of aryl methyl sites for hydroxylation is 1. The lowest BCUT2D eigenvalue weighted by Crippen LogP contribution is -2.42. The van der Waals surface area contributed by atoms with Gasteiger partial charge in [-0.15, -0.1) is 0 Å². The van der Waals surface area contributed by atoms with Crippen molar-refractivity contribution in [3.63, 3.8) is 0 Å². The maximum Gasteiger partial charge on any atom is 0.350 e. The molecule has 2 rings (SSSR count). The minimum Gasteiger partial charge on any atom is -0.419 e. The second-order valence-corrected chi connectivity index (χ2v) is 5.72. The molecule has 0 spiro atoms. The first kappa shape index (κ1) is 14.6. The monoisotopic (exact) mass is 339 g/mol. The Bertz CT molecular complexity index is 585. The average Bonchev–Trinajstić information content (AvgIpc) is 2.28. The van der Waals surface area contributed by atoms with Crippen molar-refractivity contribution in [3.05, 3.63) is 40.0 Å². The summed E-state index contributed by atoms with van der Waals surface area (Å²) in [7, 11) is 0. The number of esters is 2. The number of carbonyl (C=O) groups excluding carboxylic acids is 2. The molecule has 0 saturated carbocycles. The Labute approximate surface area is 125 Å². The molecule has 1 N–H and O–H groups in total. The predicted octanol–water partition coefficient (Wildman–Crippen LogP) is 2.89. The van der Waals surface area contributed by atoms with Gasteiger partial charge in [-0.1, -0.05) is 6.07 Å². The first-order chi connectivity index (χ1) is 9.28. The molecular weight excluding hydrogens is 326 g/mol. The molecule has 1 aliphatic rings. The van der Waals surface area contributed by atoms with Gasteiger partial charge in [0.25, 0.3) is 5.79 Å². The third-order valence-corrected chi connectivity index (χ3v) is 3.27. The second kappa shape index (κ2) is 5.28. The van der Waals surface area contributed by atoms with Gasteiger partial charge in [0.15, 0.2) is 5.57 Å². The van der Waals surface area contributed by atoms with Gasteiger partial charge < -0.3 is 14.8 Å². The molecule has 106 valence electrons. The summed E-state index contributed by atoms with van der Waals surface area (Å²) in [6, 6.07) is 5.66. The van der Waals surface area contributed by atoms with Crippen molar-refractivity contribution in [2.24, 2.45) is 0 Å². The van der Waals surface area contributed by atoms with Crippen LogP contribution in [0.1, 0.15) is 19.4 Å². The molecule has 0 aliphatic carbocycles. The third-order valence-electron chi connectivity index (χ3n) is 2.61. The van der Waals surface area contributed by atoms with E-state index in [2.05, 4.69) is 21.2 Å². The highest BCUT2D eigenvalue weighted by Gasteiger charge is 2.38. The van der Waals surface area contributed by atoms with E-state index in [1.54, 1.807) is 0 Å². The number of hydrogen-bond acceptors (Lipinski definition) is 5. The molecule has 1 saturated heterocycles. The summed E-state index contributed by atoms with van der Waals surface area (Å²) >= 11 is 3.40. The molecule has 1 aromatic carbocycles. The van der Waals surface area contributed by atoms with Gasteiger partial charge in [0.2, 0.25) is 0 Å². The van der Waals surface area contributed by atoms with Crippen LogP contribution in [-0.2, 0) is 19.1 Å². The van der Waals surface area contributed by atoms with E-state index in [1.807, 2.05) is 25.1 Å². The molecule has 0 radical (unpaired) electrons. The van der Waals surface area contributed by atoms with Gasteiger partial charge in [-0.2, -0.15) is 0 Å². The third kappa shape index (κ3) is 3.19. The molecule has 0 unspecified atom stereocenters. The molecule has 6 heteroatoms. The van der Waals surface area contributed by atoms with Crippen LogP contribution in [0.15, 0.2) is 34.4 Å². The van der Waals surface area contributed by atoms with Crippen LogP contribution in [0.3, 0.4) is 0 Å². The second-order valence-electron chi connectivity index (χ2n) is 4.86. The molecule has 0 aromatic heterocycles. The summed E-state index contributed by atoms with van der Waals surface area (Å²) in [4.78, 5) is 23.5. The van der Waals surface area contributed by atoms with E-state index >= 15 is 0 Å². The maximum atomic E-state index is 11.7. The van der Waals surface area contributed by atoms with Crippen LogP contribution in [0.4, 0.5) is 5.69 Å². The largest absolute Gasteiger partial charge is 0.419 e. The van der Waals surface area contributed by atoms with Gasteiger partial charge in [-0.05, 0) is 40.5 Å². The zero-order valence-electron chi connectivity index (χ0n) is 11.3. The quantitative estimate of drug-likeness (QED) is 0.510. The Morgan fingerprint density at radius 1 is 1.20 bits per heavy atom. The number of anilines is 1. The number of cyclic esters (lactones) is 2. The molecular formula is C14H14BrNO4. The summed E-state index contributed by atoms with van der Waals surface area (Å²) in [6.45, 7) is 4.97. The van der Waals surface area contributed by atoms with Crippen LogP contribution in [0.25, 0.3) is 0 Å². The summed E-state index contributed by atoms with van der Waals surface area (Å²) in [6.07, 6.45) is 1.29. The van der Waals surface area contributed by atoms with Crippen molar-refractivity contribution in [2.45, 2.75) is 26.6 Å². The van der Waals surface area contributed by atoms with E-state index in [0.717, 1.165) is 15.7 Å². The maximum absolute atomic E-state index is 11.7. The summed E-state index contributed by atoms with van der Waals surface area (Å²) in [5.41, 5.74) is 1.65. The van der Waals surface area contributed by atoms with Crippen molar-refractivity contribution in [1.29, 1.82) is 0 Å². The van der Waals surface area contributed by atoms with Crippen molar-refractivity contribution < 1.29 is 19.1 Å². The zero-order valence-corrected chi connectivity index (χ0v) is 12.9. The Kier molecular flexibility index (Phi) is 3.85. The topological polar surface area (TPSA) is 64.6 Å². The van der Waals surface area contributed by atoms with Crippen molar-refractivity contribution >= 4 is 33.6 Å². The molecule has 5 nitrogen and oxygen atoms in total. The molecule has 1 heterocycles. The van der Waals surface area contributed by atoms with Crippen LogP contribution in [0.2, 0.25) is 0 Å². The van der Waals surface area contributed by atoms with Crippen molar-refractivity contribution in [3.8, 4) is 0 Å². The molecule has 20 heavy (non-hydrogen) atoms. The Morgan fingerprint density at radius 2 is 1.80 bits per heavy atom. The van der Waals surface area contributed by atoms with Crippen molar-refractivity contribution in [1.82, 2.24) is 0 Å². The first-order valence-electron chi connectivity index (χ1n) is 5.98. The lowest BCUT2D eigenvalue weighted by molar-refractivity contribution is -0.222. The number of hydrogen-bond donors (Lipinski definition) is 1. The number of nitrogens with one attached hydrogen (secondary N) is 1. The van der Waals surface area contributed by atoms with Crippen LogP contribution in [0, 0.1) is 6.92 Å². The number of rotatable bonds is 2. The fourth-order valence-electron chi connectivity index (χ4n) is 1.67. The normalized spacial score (nSPS) is 17.3. The molecule has 1 aliphatic heterocycles. The van der Waals surface area contributed by atoms with Gasteiger partial charge in [-0.3, -0.25) is 0 Å². The van der Waals surface area contributed by atoms with E-state index in [9.17, 15) is 9.59 Å². The van der Waals surface area contributed by atoms with Gasteiger partial charge in [-0.25, -0.2) is 9.59 Å². The molecule has 0 atom stereocenters. The highest BCUT2D eigenvalue weighted by atomic mass is 79.9. The van der Waals surface area contributed by atoms with E-state index in [0.29, 0.717) is 0 Å². The van der Waals surface area contributed by atoms with Gasteiger partial charge in [0.1, 0.15) is 0 Å². The van der Waals surface area contributed by atoms with Gasteiger partial charge >= 0.3 is 11.9 Å². The zero-order chi connectivity index (χ0) is 14.9.